The Labute approximate surface area is 165 Å². The maximum absolute atomic E-state index is 12.4. The number of amides is 1. The van der Waals surface area contributed by atoms with Crippen LogP contribution in [0.4, 0.5) is 0 Å². The summed E-state index contributed by atoms with van der Waals surface area (Å²) in [5.74, 6) is -1.15. The molecule has 0 aliphatic carbocycles. The first-order chi connectivity index (χ1) is 13.8. The van der Waals surface area contributed by atoms with Crippen molar-refractivity contribution in [1.29, 1.82) is 0 Å². The van der Waals surface area contributed by atoms with Crippen molar-refractivity contribution < 1.29 is 14.3 Å². The molecule has 3 aromatic rings. The van der Waals surface area contributed by atoms with Crippen LogP contribution in [0.1, 0.15) is 18.5 Å². The average molecular weight is 399 g/mol. The van der Waals surface area contributed by atoms with Gasteiger partial charge in [0, 0.05) is 14.1 Å². The number of nitrogens with zero attached hydrogens (tertiary/aromatic N) is 4. The highest BCUT2D eigenvalue weighted by molar-refractivity contribution is 5.81. The molecule has 1 unspecified atom stereocenters. The Kier molecular flexibility index (Phi) is 5.62. The van der Waals surface area contributed by atoms with Crippen molar-refractivity contribution in [3.8, 4) is 0 Å². The van der Waals surface area contributed by atoms with E-state index in [1.807, 2.05) is 37.3 Å². The van der Waals surface area contributed by atoms with Crippen LogP contribution in [0, 0.1) is 0 Å². The Morgan fingerprint density at radius 1 is 1.14 bits per heavy atom. The third-order valence-electron chi connectivity index (χ3n) is 4.56. The van der Waals surface area contributed by atoms with Gasteiger partial charge in [-0.2, -0.15) is 0 Å². The van der Waals surface area contributed by atoms with Gasteiger partial charge < -0.3 is 14.6 Å². The SMILES string of the molecule is CC(NC(=O)COC(=O)Cn1cnc2c1c(=O)n(C)c(=O)n2C)c1ccccc1. The van der Waals surface area contributed by atoms with E-state index < -0.39 is 29.7 Å². The number of rotatable bonds is 6. The number of hydrogen-bond donors (Lipinski definition) is 1. The standard InChI is InChI=1S/C19H21N5O5/c1-12(13-7-5-4-6-8-13)21-14(25)10-29-15(26)9-24-11-20-17-16(24)18(27)23(3)19(28)22(17)2/h4-8,11-12H,9-10H2,1-3H3,(H,21,25). The summed E-state index contributed by atoms with van der Waals surface area (Å²) in [6, 6.07) is 9.15. The van der Waals surface area contributed by atoms with Crippen LogP contribution in [0.3, 0.4) is 0 Å². The Morgan fingerprint density at radius 3 is 2.52 bits per heavy atom. The summed E-state index contributed by atoms with van der Waals surface area (Å²) in [6.07, 6.45) is 1.28. The first kappa shape index (κ1) is 20.1. The lowest BCUT2D eigenvalue weighted by Crippen LogP contribution is -2.37. The fourth-order valence-corrected chi connectivity index (χ4v) is 2.96. The van der Waals surface area contributed by atoms with Gasteiger partial charge in [0.25, 0.3) is 11.5 Å². The van der Waals surface area contributed by atoms with Gasteiger partial charge in [0.15, 0.2) is 17.8 Å². The van der Waals surface area contributed by atoms with Gasteiger partial charge in [0.05, 0.1) is 12.4 Å². The minimum Gasteiger partial charge on any atom is -0.454 e. The van der Waals surface area contributed by atoms with E-state index in [9.17, 15) is 19.2 Å². The topological polar surface area (TPSA) is 117 Å². The number of aryl methyl sites for hydroxylation is 1. The molecule has 0 fully saturated rings. The van der Waals surface area contributed by atoms with Crippen LogP contribution >= 0.6 is 0 Å². The predicted molar refractivity (Wildman–Crippen MR) is 104 cm³/mol. The zero-order valence-electron chi connectivity index (χ0n) is 16.3. The zero-order chi connectivity index (χ0) is 21.1. The van der Waals surface area contributed by atoms with E-state index in [4.69, 9.17) is 4.74 Å². The normalized spacial score (nSPS) is 12.0. The number of benzene rings is 1. The van der Waals surface area contributed by atoms with Gasteiger partial charge in [0.2, 0.25) is 0 Å². The molecular formula is C19H21N5O5. The Bertz CT molecular complexity index is 1180. The molecule has 10 heteroatoms. The van der Waals surface area contributed by atoms with Gasteiger partial charge >= 0.3 is 11.7 Å². The van der Waals surface area contributed by atoms with Crippen molar-refractivity contribution in [3.63, 3.8) is 0 Å². The molecule has 2 aromatic heterocycles. The molecule has 0 radical (unpaired) electrons. The van der Waals surface area contributed by atoms with Crippen molar-refractivity contribution in [3.05, 3.63) is 63.1 Å². The summed E-state index contributed by atoms with van der Waals surface area (Å²) in [5.41, 5.74) is 0.120. The van der Waals surface area contributed by atoms with Crippen LogP contribution in [-0.2, 0) is 35.0 Å². The highest BCUT2D eigenvalue weighted by Crippen LogP contribution is 2.10. The van der Waals surface area contributed by atoms with E-state index in [0.717, 1.165) is 10.1 Å². The van der Waals surface area contributed by atoms with E-state index in [1.165, 1.54) is 29.6 Å². The molecule has 1 aromatic carbocycles. The summed E-state index contributed by atoms with van der Waals surface area (Å²) >= 11 is 0. The van der Waals surface area contributed by atoms with Gasteiger partial charge in [0.1, 0.15) is 6.54 Å². The molecule has 0 spiro atoms. The van der Waals surface area contributed by atoms with Gasteiger partial charge in [-0.25, -0.2) is 9.78 Å². The van der Waals surface area contributed by atoms with Crippen molar-refractivity contribution >= 4 is 23.0 Å². The third-order valence-corrected chi connectivity index (χ3v) is 4.56. The lowest BCUT2D eigenvalue weighted by atomic mass is 10.1. The van der Waals surface area contributed by atoms with E-state index in [0.29, 0.717) is 0 Å². The number of ether oxygens (including phenoxy) is 1. The molecule has 1 atom stereocenters. The smallest absolute Gasteiger partial charge is 0.332 e. The summed E-state index contributed by atoms with van der Waals surface area (Å²) in [4.78, 5) is 52.5. The number of fused-ring (bicyclic) bond motifs is 1. The molecule has 1 amide bonds. The monoisotopic (exact) mass is 399 g/mol. The average Bonchev–Trinajstić information content (AvgIpc) is 3.13. The summed E-state index contributed by atoms with van der Waals surface area (Å²) in [6.45, 7) is 1.07. The van der Waals surface area contributed by atoms with Crippen LogP contribution in [0.15, 0.2) is 46.2 Å². The molecule has 1 N–H and O–H groups in total. The summed E-state index contributed by atoms with van der Waals surface area (Å²) in [5, 5.41) is 2.74. The number of carbonyl (C=O) groups is 2. The quantitative estimate of drug-likeness (QED) is 0.577. The first-order valence-electron chi connectivity index (χ1n) is 8.90. The van der Waals surface area contributed by atoms with Crippen molar-refractivity contribution in [2.24, 2.45) is 14.1 Å². The Morgan fingerprint density at radius 2 is 1.83 bits per heavy atom. The third kappa shape index (κ3) is 4.10. The Hall–Kier alpha value is -3.69. The molecule has 10 nitrogen and oxygen atoms in total. The molecule has 0 aliphatic heterocycles. The molecule has 0 bridgehead atoms. The Balaban J connectivity index is 1.64. The molecule has 152 valence electrons. The van der Waals surface area contributed by atoms with Crippen LogP contribution in [0.25, 0.3) is 11.2 Å². The van der Waals surface area contributed by atoms with Gasteiger partial charge in [-0.3, -0.25) is 23.5 Å². The highest BCUT2D eigenvalue weighted by Gasteiger charge is 2.17. The minimum absolute atomic E-state index is 0.105. The highest BCUT2D eigenvalue weighted by atomic mass is 16.5. The van der Waals surface area contributed by atoms with E-state index in [-0.39, 0.29) is 23.8 Å². The van der Waals surface area contributed by atoms with Gasteiger partial charge in [-0.15, -0.1) is 0 Å². The van der Waals surface area contributed by atoms with E-state index in [2.05, 4.69) is 10.3 Å². The molecule has 0 saturated carbocycles. The number of aromatic nitrogens is 4. The van der Waals surface area contributed by atoms with Crippen LogP contribution in [0.5, 0.6) is 0 Å². The molecule has 0 saturated heterocycles. The lowest BCUT2D eigenvalue weighted by molar-refractivity contribution is -0.149. The van der Waals surface area contributed by atoms with E-state index in [1.54, 1.807) is 0 Å². The zero-order valence-corrected chi connectivity index (χ0v) is 16.3. The predicted octanol–water partition coefficient (Wildman–Crippen LogP) is -0.146. The molecular weight excluding hydrogens is 378 g/mol. The first-order valence-corrected chi connectivity index (χ1v) is 8.90. The second-order valence-corrected chi connectivity index (χ2v) is 6.61. The molecule has 3 rings (SSSR count). The number of imidazole rings is 1. The number of esters is 1. The number of nitrogens with one attached hydrogen (secondary N) is 1. The molecule has 0 aliphatic rings. The second-order valence-electron chi connectivity index (χ2n) is 6.61. The van der Waals surface area contributed by atoms with Crippen LogP contribution in [-0.4, -0.2) is 37.2 Å². The fourth-order valence-electron chi connectivity index (χ4n) is 2.96. The maximum Gasteiger partial charge on any atom is 0.332 e. The summed E-state index contributed by atoms with van der Waals surface area (Å²) < 4.78 is 8.46. The second kappa shape index (κ2) is 8.13. The van der Waals surface area contributed by atoms with Gasteiger partial charge in [-0.1, -0.05) is 30.3 Å². The minimum atomic E-state index is -0.706. The van der Waals surface area contributed by atoms with Crippen LogP contribution < -0.4 is 16.6 Å². The number of hydrogen-bond acceptors (Lipinski definition) is 6. The number of carbonyl (C=O) groups excluding carboxylic acids is 2. The molecule has 29 heavy (non-hydrogen) atoms. The van der Waals surface area contributed by atoms with Crippen molar-refractivity contribution in [1.82, 2.24) is 24.0 Å². The van der Waals surface area contributed by atoms with Crippen LogP contribution in [0.2, 0.25) is 0 Å². The lowest BCUT2D eigenvalue weighted by Gasteiger charge is -2.14. The maximum atomic E-state index is 12.4. The molecule has 2 heterocycles. The van der Waals surface area contributed by atoms with E-state index >= 15 is 0 Å². The largest absolute Gasteiger partial charge is 0.454 e. The fraction of sp³-hybridized carbons (Fsp3) is 0.316. The van der Waals surface area contributed by atoms with Gasteiger partial charge in [-0.05, 0) is 12.5 Å². The summed E-state index contributed by atoms with van der Waals surface area (Å²) in [7, 11) is 2.83. The van der Waals surface area contributed by atoms with Crippen molar-refractivity contribution in [2.45, 2.75) is 19.5 Å². The van der Waals surface area contributed by atoms with Crippen molar-refractivity contribution in [2.75, 3.05) is 6.61 Å².